The molecule has 0 aliphatic heterocycles. The molecule has 3 rings (SSSR count). The van der Waals surface area contributed by atoms with E-state index in [1.54, 1.807) is 25.4 Å². The van der Waals surface area contributed by atoms with E-state index in [0.717, 1.165) is 21.5 Å². The summed E-state index contributed by atoms with van der Waals surface area (Å²) in [6, 6.07) is 20.4. The van der Waals surface area contributed by atoms with Crippen LogP contribution in [0.1, 0.15) is 11.3 Å². The second-order valence-corrected chi connectivity index (χ2v) is 7.59. The van der Waals surface area contributed by atoms with Gasteiger partial charge in [-0.1, -0.05) is 30.3 Å². The molecule has 0 bridgehead atoms. The van der Waals surface area contributed by atoms with Gasteiger partial charge < -0.3 is 15.0 Å². The standard InChI is InChI=1S/C24H22BrN3O3/c1-28(16-23(29)27-22-8-3-2-7-21(22)25)24(30)14-11-18-9-12-20(13-10-18)31-17-19-6-4-5-15-26-19/h2-15H,16-17H2,1H3,(H,27,29)/b14-11+. The van der Waals surface area contributed by atoms with Crippen molar-refractivity contribution in [2.24, 2.45) is 0 Å². The maximum Gasteiger partial charge on any atom is 0.246 e. The number of carbonyl (C=O) groups is 2. The fraction of sp³-hybridized carbons (Fsp3) is 0.125. The molecule has 0 radical (unpaired) electrons. The second-order valence-electron chi connectivity index (χ2n) is 6.73. The number of halogens is 1. The van der Waals surface area contributed by atoms with E-state index in [9.17, 15) is 9.59 Å². The Morgan fingerprint density at radius 1 is 1.06 bits per heavy atom. The first-order valence-corrected chi connectivity index (χ1v) is 10.4. The Kier molecular flexibility index (Phi) is 7.95. The number of amides is 2. The third-order valence-electron chi connectivity index (χ3n) is 4.32. The molecule has 0 atom stereocenters. The van der Waals surface area contributed by atoms with Gasteiger partial charge in [-0.05, 0) is 64.0 Å². The molecule has 6 nitrogen and oxygen atoms in total. The number of benzene rings is 2. The Labute approximate surface area is 189 Å². The highest BCUT2D eigenvalue weighted by atomic mass is 79.9. The van der Waals surface area contributed by atoms with E-state index in [0.29, 0.717) is 12.3 Å². The minimum absolute atomic E-state index is 0.0508. The van der Waals surface area contributed by atoms with Gasteiger partial charge >= 0.3 is 0 Å². The van der Waals surface area contributed by atoms with E-state index in [1.165, 1.54) is 11.0 Å². The zero-order chi connectivity index (χ0) is 22.1. The third kappa shape index (κ3) is 7.08. The maximum absolute atomic E-state index is 12.3. The summed E-state index contributed by atoms with van der Waals surface area (Å²) < 4.78 is 6.48. The van der Waals surface area contributed by atoms with Crippen LogP contribution >= 0.6 is 15.9 Å². The number of ether oxygens (including phenoxy) is 1. The summed E-state index contributed by atoms with van der Waals surface area (Å²) in [6.07, 6.45) is 4.87. The first-order valence-electron chi connectivity index (χ1n) is 9.61. The van der Waals surface area contributed by atoms with Crippen LogP contribution in [0.15, 0.2) is 83.5 Å². The molecule has 158 valence electrons. The Balaban J connectivity index is 1.48. The molecule has 0 aliphatic carbocycles. The van der Waals surface area contributed by atoms with Gasteiger partial charge in [0.25, 0.3) is 0 Å². The van der Waals surface area contributed by atoms with E-state index in [1.807, 2.05) is 60.7 Å². The number of carbonyl (C=O) groups excluding carboxylic acids is 2. The molecule has 0 spiro atoms. The summed E-state index contributed by atoms with van der Waals surface area (Å²) in [6.45, 7) is 0.339. The molecule has 0 saturated carbocycles. The van der Waals surface area contributed by atoms with Gasteiger partial charge in [-0.3, -0.25) is 14.6 Å². The molecule has 31 heavy (non-hydrogen) atoms. The van der Waals surface area contributed by atoms with E-state index < -0.39 is 0 Å². The van der Waals surface area contributed by atoms with Crippen molar-refractivity contribution < 1.29 is 14.3 Å². The largest absolute Gasteiger partial charge is 0.487 e. The van der Waals surface area contributed by atoms with Gasteiger partial charge in [-0.25, -0.2) is 0 Å². The summed E-state index contributed by atoms with van der Waals surface area (Å²) in [7, 11) is 1.58. The molecular weight excluding hydrogens is 458 g/mol. The molecule has 1 N–H and O–H groups in total. The van der Waals surface area contributed by atoms with Crippen molar-refractivity contribution >= 4 is 39.5 Å². The predicted molar refractivity (Wildman–Crippen MR) is 124 cm³/mol. The van der Waals surface area contributed by atoms with Crippen LogP contribution in [0.25, 0.3) is 6.08 Å². The van der Waals surface area contributed by atoms with Crippen molar-refractivity contribution in [2.75, 3.05) is 18.9 Å². The fourth-order valence-corrected chi connectivity index (χ4v) is 3.04. The van der Waals surface area contributed by atoms with Crippen LogP contribution in [0.5, 0.6) is 5.75 Å². The third-order valence-corrected chi connectivity index (χ3v) is 5.01. The average molecular weight is 480 g/mol. The Morgan fingerprint density at radius 2 is 1.81 bits per heavy atom. The number of anilines is 1. The summed E-state index contributed by atoms with van der Waals surface area (Å²) in [5, 5.41) is 2.78. The summed E-state index contributed by atoms with van der Waals surface area (Å²) in [5.41, 5.74) is 2.36. The van der Waals surface area contributed by atoms with Crippen LogP contribution in [0.3, 0.4) is 0 Å². The molecule has 1 aromatic heterocycles. The number of aromatic nitrogens is 1. The number of hydrogen-bond donors (Lipinski definition) is 1. The Bertz CT molecular complexity index is 1050. The lowest BCUT2D eigenvalue weighted by atomic mass is 10.2. The van der Waals surface area contributed by atoms with Gasteiger partial charge in [0.1, 0.15) is 12.4 Å². The van der Waals surface area contributed by atoms with Crippen molar-refractivity contribution in [3.05, 3.63) is 94.7 Å². The fourth-order valence-electron chi connectivity index (χ4n) is 2.66. The summed E-state index contributed by atoms with van der Waals surface area (Å²) in [4.78, 5) is 30.1. The Morgan fingerprint density at radius 3 is 2.52 bits per heavy atom. The van der Waals surface area contributed by atoms with Crippen LogP contribution in [-0.2, 0) is 16.2 Å². The lowest BCUT2D eigenvalue weighted by molar-refractivity contribution is -0.129. The first kappa shape index (κ1) is 22.2. The quantitative estimate of drug-likeness (QED) is 0.481. The normalized spacial score (nSPS) is 10.6. The van der Waals surface area contributed by atoms with Gasteiger partial charge in [0.05, 0.1) is 17.9 Å². The number of likely N-dealkylation sites (N-methyl/N-ethyl adjacent to an activating group) is 1. The molecule has 0 saturated heterocycles. The van der Waals surface area contributed by atoms with Crippen LogP contribution in [-0.4, -0.2) is 35.3 Å². The van der Waals surface area contributed by atoms with Crippen LogP contribution in [0.4, 0.5) is 5.69 Å². The van der Waals surface area contributed by atoms with Crippen LogP contribution in [0.2, 0.25) is 0 Å². The molecule has 0 fully saturated rings. The van der Waals surface area contributed by atoms with Crippen molar-refractivity contribution in [1.82, 2.24) is 9.88 Å². The minimum Gasteiger partial charge on any atom is -0.487 e. The van der Waals surface area contributed by atoms with E-state index >= 15 is 0 Å². The number of para-hydroxylation sites is 1. The number of rotatable bonds is 8. The van der Waals surface area contributed by atoms with Crippen LogP contribution < -0.4 is 10.1 Å². The first-order chi connectivity index (χ1) is 15.0. The van der Waals surface area contributed by atoms with Crippen molar-refractivity contribution in [3.8, 4) is 5.75 Å². The topological polar surface area (TPSA) is 71.5 Å². The van der Waals surface area contributed by atoms with Crippen molar-refractivity contribution in [2.45, 2.75) is 6.61 Å². The second kappa shape index (κ2) is 11.1. The number of nitrogens with one attached hydrogen (secondary N) is 1. The molecule has 7 heteroatoms. The highest BCUT2D eigenvalue weighted by Gasteiger charge is 2.11. The maximum atomic E-state index is 12.3. The van der Waals surface area contributed by atoms with E-state index in [2.05, 4.69) is 26.2 Å². The smallest absolute Gasteiger partial charge is 0.246 e. The molecule has 0 aliphatic rings. The number of nitrogens with zero attached hydrogens (tertiary/aromatic N) is 2. The molecular formula is C24H22BrN3O3. The van der Waals surface area contributed by atoms with Crippen molar-refractivity contribution in [3.63, 3.8) is 0 Å². The highest BCUT2D eigenvalue weighted by molar-refractivity contribution is 9.10. The molecule has 2 amide bonds. The lowest BCUT2D eigenvalue weighted by Crippen LogP contribution is -2.33. The number of pyridine rings is 1. The lowest BCUT2D eigenvalue weighted by Gasteiger charge is -2.15. The van der Waals surface area contributed by atoms with Gasteiger partial charge in [-0.15, -0.1) is 0 Å². The molecule has 0 unspecified atom stereocenters. The zero-order valence-electron chi connectivity index (χ0n) is 17.0. The molecule has 2 aromatic carbocycles. The highest BCUT2D eigenvalue weighted by Crippen LogP contribution is 2.21. The SMILES string of the molecule is CN(CC(=O)Nc1ccccc1Br)C(=O)/C=C/c1ccc(OCc2ccccn2)cc1. The number of hydrogen-bond acceptors (Lipinski definition) is 4. The summed E-state index contributed by atoms with van der Waals surface area (Å²) in [5.74, 6) is 0.179. The van der Waals surface area contributed by atoms with Gasteiger partial charge in [0.2, 0.25) is 11.8 Å². The monoisotopic (exact) mass is 479 g/mol. The van der Waals surface area contributed by atoms with E-state index in [-0.39, 0.29) is 18.4 Å². The van der Waals surface area contributed by atoms with Gasteiger partial charge in [-0.2, -0.15) is 0 Å². The van der Waals surface area contributed by atoms with Gasteiger partial charge in [0.15, 0.2) is 0 Å². The summed E-state index contributed by atoms with van der Waals surface area (Å²) >= 11 is 3.38. The Hall–Kier alpha value is -3.45. The minimum atomic E-state index is -0.273. The van der Waals surface area contributed by atoms with Gasteiger partial charge in [0, 0.05) is 23.8 Å². The van der Waals surface area contributed by atoms with Crippen molar-refractivity contribution in [1.29, 1.82) is 0 Å². The van der Waals surface area contributed by atoms with E-state index in [4.69, 9.17) is 4.74 Å². The van der Waals surface area contributed by atoms with Crippen LogP contribution in [0, 0.1) is 0 Å². The molecule has 1 heterocycles. The zero-order valence-corrected chi connectivity index (χ0v) is 18.6. The average Bonchev–Trinajstić information content (AvgIpc) is 2.79. The predicted octanol–water partition coefficient (Wildman–Crippen LogP) is 4.53. The molecule has 3 aromatic rings.